The number of carboxylic acid groups (broad SMARTS) is 1. The van der Waals surface area contributed by atoms with E-state index in [4.69, 9.17) is 5.11 Å². The van der Waals surface area contributed by atoms with Crippen LogP contribution in [-0.2, 0) is 11.2 Å². The van der Waals surface area contributed by atoms with Gasteiger partial charge in [-0.15, -0.1) is 5.10 Å². The van der Waals surface area contributed by atoms with Gasteiger partial charge in [-0.3, -0.25) is 4.79 Å². The maximum atomic E-state index is 10.9. The van der Waals surface area contributed by atoms with Crippen LogP contribution in [-0.4, -0.2) is 52.9 Å². The summed E-state index contributed by atoms with van der Waals surface area (Å²) in [5.74, 6) is -0.295. The van der Waals surface area contributed by atoms with Crippen LogP contribution in [0, 0.1) is 0 Å². The molecule has 0 amide bonds. The molecule has 0 saturated carbocycles. The lowest BCUT2D eigenvalue weighted by Crippen LogP contribution is -2.26. The van der Waals surface area contributed by atoms with Crippen LogP contribution in [0.2, 0.25) is 0 Å². The number of carbonyl (C=O) groups is 1. The van der Waals surface area contributed by atoms with Crippen molar-refractivity contribution in [3.05, 3.63) is 59.4 Å². The van der Waals surface area contributed by atoms with Gasteiger partial charge in [-0.05, 0) is 35.4 Å². The number of benzene rings is 1. The molecule has 2 aromatic heterocycles. The monoisotopic (exact) mass is 363 g/mol. The summed E-state index contributed by atoms with van der Waals surface area (Å²) in [7, 11) is 3.80. The number of fused-ring (bicyclic) bond motifs is 2. The van der Waals surface area contributed by atoms with E-state index in [2.05, 4.69) is 52.4 Å². The third-order valence-corrected chi connectivity index (χ3v) is 4.75. The molecule has 0 bridgehead atoms. The van der Waals surface area contributed by atoms with E-state index in [9.17, 15) is 4.79 Å². The van der Waals surface area contributed by atoms with Crippen molar-refractivity contribution in [3.63, 3.8) is 0 Å². The van der Waals surface area contributed by atoms with Gasteiger partial charge in [0.25, 0.3) is 0 Å². The van der Waals surface area contributed by atoms with Gasteiger partial charge in [0.15, 0.2) is 5.65 Å². The Morgan fingerprint density at radius 1 is 1.30 bits per heavy atom. The largest absolute Gasteiger partial charge is 0.480 e. The second-order valence-corrected chi connectivity index (χ2v) is 6.81. The lowest BCUT2D eigenvalue weighted by atomic mass is 10.0. The first-order chi connectivity index (χ1) is 13.0. The van der Waals surface area contributed by atoms with Crippen molar-refractivity contribution in [2.45, 2.75) is 6.42 Å². The van der Waals surface area contributed by atoms with E-state index in [1.54, 1.807) is 22.5 Å². The van der Waals surface area contributed by atoms with Gasteiger partial charge in [0.05, 0.1) is 11.9 Å². The molecule has 3 aromatic rings. The fraction of sp³-hybridized carbons (Fsp3) is 0.250. The topological polar surface area (TPSA) is 74.0 Å². The van der Waals surface area contributed by atoms with E-state index in [1.165, 1.54) is 16.8 Å². The molecule has 0 spiro atoms. The highest BCUT2D eigenvalue weighted by Gasteiger charge is 2.13. The van der Waals surface area contributed by atoms with Gasteiger partial charge in [0.1, 0.15) is 12.4 Å². The molecule has 7 nitrogen and oxygen atoms in total. The molecule has 1 N–H and O–H groups in total. The number of aliphatic carboxylic acids is 1. The maximum absolute atomic E-state index is 10.9. The van der Waals surface area contributed by atoms with E-state index >= 15 is 0 Å². The van der Waals surface area contributed by atoms with Gasteiger partial charge >= 0.3 is 5.97 Å². The first-order valence-electron chi connectivity index (χ1n) is 8.78. The fourth-order valence-electron chi connectivity index (χ4n) is 3.36. The quantitative estimate of drug-likeness (QED) is 0.750. The van der Waals surface area contributed by atoms with Crippen LogP contribution in [0.1, 0.15) is 16.8 Å². The Bertz CT molecular complexity index is 1040. The lowest BCUT2D eigenvalue weighted by molar-refractivity contribution is -0.135. The highest BCUT2D eigenvalue weighted by Crippen LogP contribution is 2.26. The van der Waals surface area contributed by atoms with E-state index in [0.29, 0.717) is 12.2 Å². The van der Waals surface area contributed by atoms with Crippen LogP contribution in [0.15, 0.2) is 42.6 Å². The van der Waals surface area contributed by atoms with Crippen LogP contribution in [0.3, 0.4) is 0 Å². The van der Waals surface area contributed by atoms with E-state index < -0.39 is 5.97 Å². The number of aromatic nitrogens is 3. The van der Waals surface area contributed by atoms with Gasteiger partial charge in [0, 0.05) is 32.7 Å². The number of anilines is 2. The summed E-state index contributed by atoms with van der Waals surface area (Å²) in [6.45, 7) is 0.823. The molecule has 0 radical (unpaired) electrons. The highest BCUT2D eigenvalue weighted by atomic mass is 16.4. The zero-order valence-electron chi connectivity index (χ0n) is 15.3. The number of rotatable bonds is 5. The minimum Gasteiger partial charge on any atom is -0.480 e. The number of hydrogen-bond donors (Lipinski definition) is 1. The third-order valence-electron chi connectivity index (χ3n) is 4.75. The Kier molecular flexibility index (Phi) is 4.27. The standard InChI is InChI=1S/C20H21N5O2/c1-23-9-3-4-15-10-14(5-6-17(15)23)11-16-12-21-18-7-8-19(22-25(16)18)24(2)13-20(26)27/h3-8,10,12H,9,11,13H2,1-2H3,(H,26,27). The normalized spacial score (nSPS) is 13.0. The minimum absolute atomic E-state index is 0.104. The predicted octanol–water partition coefficient (Wildman–Crippen LogP) is 2.30. The fourth-order valence-corrected chi connectivity index (χ4v) is 3.36. The molecule has 1 aliphatic heterocycles. The van der Waals surface area contributed by atoms with Crippen molar-refractivity contribution in [2.24, 2.45) is 0 Å². The van der Waals surface area contributed by atoms with Crippen molar-refractivity contribution in [1.29, 1.82) is 0 Å². The molecular weight excluding hydrogens is 342 g/mol. The molecule has 1 aromatic carbocycles. The molecule has 138 valence electrons. The number of likely N-dealkylation sites (N-methyl/N-ethyl adjacent to an activating group) is 2. The SMILES string of the molecule is CN(CC(=O)O)c1ccc2ncc(Cc3ccc4c(c3)C=CCN4C)n2n1. The molecule has 0 saturated heterocycles. The average molecular weight is 363 g/mol. The van der Waals surface area contributed by atoms with Crippen LogP contribution >= 0.6 is 0 Å². The molecule has 0 aliphatic carbocycles. The Morgan fingerprint density at radius 2 is 2.15 bits per heavy atom. The van der Waals surface area contributed by atoms with E-state index in [0.717, 1.165) is 17.9 Å². The van der Waals surface area contributed by atoms with Crippen molar-refractivity contribution < 1.29 is 9.90 Å². The Labute approximate surface area is 157 Å². The summed E-state index contributed by atoms with van der Waals surface area (Å²) < 4.78 is 1.79. The summed E-state index contributed by atoms with van der Waals surface area (Å²) in [6, 6.07) is 10.1. The lowest BCUT2D eigenvalue weighted by Gasteiger charge is -2.24. The predicted molar refractivity (Wildman–Crippen MR) is 105 cm³/mol. The van der Waals surface area contributed by atoms with Crippen molar-refractivity contribution >= 4 is 29.2 Å². The minimum atomic E-state index is -0.891. The molecule has 0 unspecified atom stereocenters. The zero-order chi connectivity index (χ0) is 19.0. The molecule has 27 heavy (non-hydrogen) atoms. The third kappa shape index (κ3) is 3.36. The second kappa shape index (κ2) is 6.75. The van der Waals surface area contributed by atoms with Crippen LogP contribution < -0.4 is 9.80 Å². The smallest absolute Gasteiger partial charge is 0.323 e. The molecule has 7 heteroatoms. The molecule has 1 aliphatic rings. The van der Waals surface area contributed by atoms with Crippen LogP contribution in [0.5, 0.6) is 0 Å². The van der Waals surface area contributed by atoms with Gasteiger partial charge in [-0.2, -0.15) is 0 Å². The molecule has 0 atom stereocenters. The summed E-state index contributed by atoms with van der Waals surface area (Å²) in [5, 5.41) is 13.6. The molecular formula is C20H21N5O2. The van der Waals surface area contributed by atoms with Crippen molar-refractivity contribution in [3.8, 4) is 0 Å². The average Bonchev–Trinajstić information content (AvgIpc) is 3.03. The van der Waals surface area contributed by atoms with Crippen LogP contribution in [0.25, 0.3) is 11.7 Å². The van der Waals surface area contributed by atoms with Crippen molar-refractivity contribution in [1.82, 2.24) is 14.6 Å². The van der Waals surface area contributed by atoms with Crippen molar-refractivity contribution in [2.75, 3.05) is 37.0 Å². The molecule has 3 heterocycles. The maximum Gasteiger partial charge on any atom is 0.323 e. The van der Waals surface area contributed by atoms with E-state index in [1.807, 2.05) is 12.3 Å². The zero-order valence-corrected chi connectivity index (χ0v) is 15.3. The summed E-state index contributed by atoms with van der Waals surface area (Å²) in [6.07, 6.45) is 6.84. The summed E-state index contributed by atoms with van der Waals surface area (Å²) in [4.78, 5) is 19.2. The summed E-state index contributed by atoms with van der Waals surface area (Å²) in [5.41, 5.74) is 5.33. The first-order valence-corrected chi connectivity index (χ1v) is 8.78. The number of imidazole rings is 1. The first kappa shape index (κ1) is 17.1. The molecule has 0 fully saturated rings. The van der Waals surface area contributed by atoms with Gasteiger partial charge < -0.3 is 14.9 Å². The summed E-state index contributed by atoms with van der Waals surface area (Å²) >= 11 is 0. The highest BCUT2D eigenvalue weighted by molar-refractivity contribution is 5.73. The van der Waals surface area contributed by atoms with Gasteiger partial charge in [-0.25, -0.2) is 9.50 Å². The number of hydrogen-bond acceptors (Lipinski definition) is 5. The van der Waals surface area contributed by atoms with Gasteiger partial charge in [0.2, 0.25) is 0 Å². The Hall–Kier alpha value is -3.35. The number of carboxylic acids is 1. The Balaban J connectivity index is 1.64. The van der Waals surface area contributed by atoms with E-state index in [-0.39, 0.29) is 6.54 Å². The number of nitrogens with zero attached hydrogens (tertiary/aromatic N) is 5. The van der Waals surface area contributed by atoms with Gasteiger partial charge in [-0.1, -0.05) is 18.2 Å². The Morgan fingerprint density at radius 3 is 2.96 bits per heavy atom. The van der Waals surface area contributed by atoms with Crippen LogP contribution in [0.4, 0.5) is 11.5 Å². The molecule has 4 rings (SSSR count). The second-order valence-electron chi connectivity index (χ2n) is 6.81.